The van der Waals surface area contributed by atoms with Crippen LogP contribution < -0.4 is 0 Å². The van der Waals surface area contributed by atoms with Crippen LogP contribution in [0.5, 0.6) is 0 Å². The molecule has 2 nitrogen and oxygen atoms in total. The van der Waals surface area contributed by atoms with Gasteiger partial charge >= 0.3 is 0 Å². The molecule has 0 heterocycles. The molecule has 6 heavy (non-hydrogen) atoms. The SMILES string of the molecule is O=C[CH]C=O.[Ti]. The fourth-order valence-electron chi connectivity index (χ4n) is 0.0321. The third-order valence-corrected chi connectivity index (χ3v) is 0.157. The Morgan fingerprint density at radius 2 is 1.33 bits per heavy atom. The van der Waals surface area contributed by atoms with Gasteiger partial charge in [-0.25, -0.2) is 0 Å². The quantitative estimate of drug-likeness (QED) is 0.281. The minimum Gasteiger partial charge on any atom is -0.303 e. The Kier molecular flexibility index (Phi) is 14.0. The summed E-state index contributed by atoms with van der Waals surface area (Å²) in [4.78, 5) is 18.2. The Balaban J connectivity index is 0. The van der Waals surface area contributed by atoms with Crippen molar-refractivity contribution in [3.63, 3.8) is 0 Å². The number of hydrogen-bond acceptors (Lipinski definition) is 2. The topological polar surface area (TPSA) is 34.1 Å². The molecule has 0 spiro atoms. The van der Waals surface area contributed by atoms with Crippen LogP contribution in [0, 0.1) is 6.42 Å². The van der Waals surface area contributed by atoms with Gasteiger partial charge in [-0.15, -0.1) is 0 Å². The number of carbonyl (C=O) groups is 2. The van der Waals surface area contributed by atoms with E-state index >= 15 is 0 Å². The summed E-state index contributed by atoms with van der Waals surface area (Å²) < 4.78 is 0. The van der Waals surface area contributed by atoms with Gasteiger partial charge in [-0.3, -0.25) is 0 Å². The maximum atomic E-state index is 9.12. The molecule has 0 aliphatic heterocycles. The molecule has 0 aliphatic rings. The van der Waals surface area contributed by atoms with Crippen molar-refractivity contribution in [1.29, 1.82) is 0 Å². The standard InChI is InChI=1S/C3H3O2.Ti/c4-2-1-3-5;/h1-3H;. The van der Waals surface area contributed by atoms with Crippen LogP contribution in [-0.2, 0) is 31.3 Å². The average Bonchev–Trinajstić information content (AvgIpc) is 1.41. The van der Waals surface area contributed by atoms with Gasteiger partial charge in [-0.2, -0.15) is 0 Å². The minimum atomic E-state index is 0. The molecule has 0 aliphatic carbocycles. The second-order valence-corrected chi connectivity index (χ2v) is 0.465. The number of carbonyl (C=O) groups excluding carboxylic acids is 2. The molecule has 0 saturated carbocycles. The number of hydrogen-bond donors (Lipinski definition) is 0. The fraction of sp³-hybridized carbons (Fsp3) is 0. The summed E-state index contributed by atoms with van der Waals surface area (Å²) in [6.45, 7) is 0. The molecule has 0 amide bonds. The fourth-order valence-corrected chi connectivity index (χ4v) is 0.0321. The Bertz CT molecular complexity index is 38.1. The normalized spacial score (nSPS) is 5.33. The molecule has 0 aromatic rings. The molecule has 0 saturated heterocycles. The Morgan fingerprint density at radius 3 is 1.33 bits per heavy atom. The molecular formula is C3H3O2Ti. The van der Waals surface area contributed by atoms with E-state index in [4.69, 9.17) is 9.59 Å². The molecule has 0 N–H and O–H groups in total. The average molecular weight is 119 g/mol. The molecule has 0 aromatic heterocycles. The first kappa shape index (κ1) is 9.41. The zero-order valence-electron chi connectivity index (χ0n) is 3.05. The van der Waals surface area contributed by atoms with Crippen LogP contribution in [-0.4, -0.2) is 12.6 Å². The maximum Gasteiger partial charge on any atom is 0.131 e. The van der Waals surface area contributed by atoms with E-state index in [1.54, 1.807) is 0 Å². The zero-order chi connectivity index (χ0) is 4.12. The second-order valence-electron chi connectivity index (χ2n) is 0.465. The summed E-state index contributed by atoms with van der Waals surface area (Å²) >= 11 is 0. The van der Waals surface area contributed by atoms with E-state index < -0.39 is 0 Å². The predicted molar refractivity (Wildman–Crippen MR) is 16.4 cm³/mol. The molecule has 1 radical (unpaired) electrons. The van der Waals surface area contributed by atoms with Crippen LogP contribution in [0.25, 0.3) is 0 Å². The van der Waals surface area contributed by atoms with E-state index in [2.05, 4.69) is 0 Å². The summed E-state index contributed by atoms with van der Waals surface area (Å²) in [5, 5.41) is 0. The molecule has 0 aromatic carbocycles. The zero-order valence-corrected chi connectivity index (χ0v) is 4.61. The van der Waals surface area contributed by atoms with E-state index in [-0.39, 0.29) is 21.7 Å². The number of aldehydes is 2. The van der Waals surface area contributed by atoms with Crippen LogP contribution in [0.1, 0.15) is 0 Å². The summed E-state index contributed by atoms with van der Waals surface area (Å²) in [7, 11) is 0. The first-order valence-electron chi connectivity index (χ1n) is 1.14. The van der Waals surface area contributed by atoms with E-state index in [1.165, 1.54) is 0 Å². The van der Waals surface area contributed by atoms with Gasteiger partial charge in [0.25, 0.3) is 0 Å². The van der Waals surface area contributed by atoms with Crippen LogP contribution in [0.3, 0.4) is 0 Å². The van der Waals surface area contributed by atoms with Crippen molar-refractivity contribution in [2.45, 2.75) is 0 Å². The monoisotopic (exact) mass is 119 g/mol. The van der Waals surface area contributed by atoms with Crippen LogP contribution in [0.15, 0.2) is 0 Å². The number of rotatable bonds is 2. The van der Waals surface area contributed by atoms with Crippen molar-refractivity contribution < 1.29 is 31.3 Å². The molecule has 0 bridgehead atoms. The van der Waals surface area contributed by atoms with E-state index in [0.717, 1.165) is 6.42 Å². The van der Waals surface area contributed by atoms with Crippen LogP contribution >= 0.6 is 0 Å². The first-order chi connectivity index (χ1) is 2.41. The van der Waals surface area contributed by atoms with Gasteiger partial charge in [0.15, 0.2) is 0 Å². The molecule has 3 heteroatoms. The van der Waals surface area contributed by atoms with E-state index in [0.29, 0.717) is 12.6 Å². The van der Waals surface area contributed by atoms with Gasteiger partial charge in [0.2, 0.25) is 0 Å². The summed E-state index contributed by atoms with van der Waals surface area (Å²) in [6, 6.07) is 0. The van der Waals surface area contributed by atoms with Crippen molar-refractivity contribution in [3.8, 4) is 0 Å². The third-order valence-electron chi connectivity index (χ3n) is 0.157. The molecular weight excluding hydrogens is 116 g/mol. The van der Waals surface area contributed by atoms with Crippen molar-refractivity contribution in [1.82, 2.24) is 0 Å². The molecule has 0 fully saturated rings. The van der Waals surface area contributed by atoms with Crippen molar-refractivity contribution in [2.24, 2.45) is 0 Å². The first-order valence-corrected chi connectivity index (χ1v) is 1.14. The van der Waals surface area contributed by atoms with Crippen molar-refractivity contribution >= 4 is 12.6 Å². The second kappa shape index (κ2) is 8.91. The van der Waals surface area contributed by atoms with Crippen LogP contribution in [0.4, 0.5) is 0 Å². The smallest absolute Gasteiger partial charge is 0.131 e. The summed E-state index contributed by atoms with van der Waals surface area (Å²) in [5.74, 6) is 0. The van der Waals surface area contributed by atoms with Crippen molar-refractivity contribution in [2.75, 3.05) is 0 Å². The van der Waals surface area contributed by atoms with E-state index in [1.807, 2.05) is 0 Å². The third kappa shape index (κ3) is 8.96. The minimum absolute atomic E-state index is 0. The van der Waals surface area contributed by atoms with Gasteiger partial charge in [-0.1, -0.05) is 0 Å². The largest absolute Gasteiger partial charge is 0.303 e. The van der Waals surface area contributed by atoms with Gasteiger partial charge in [-0.05, 0) is 0 Å². The molecule has 0 atom stereocenters. The summed E-state index contributed by atoms with van der Waals surface area (Å²) in [5.41, 5.74) is 0. The van der Waals surface area contributed by atoms with Crippen molar-refractivity contribution in [3.05, 3.63) is 6.42 Å². The van der Waals surface area contributed by atoms with Gasteiger partial charge in [0, 0.05) is 21.7 Å². The summed E-state index contributed by atoms with van der Waals surface area (Å²) in [6.07, 6.45) is 1.76. The molecule has 0 rings (SSSR count). The van der Waals surface area contributed by atoms with Gasteiger partial charge in [0.1, 0.15) is 12.6 Å². The Labute approximate surface area is 50.8 Å². The molecule has 0 unspecified atom stereocenters. The maximum absolute atomic E-state index is 9.12. The molecule has 31 valence electrons. The van der Waals surface area contributed by atoms with Crippen LogP contribution in [0.2, 0.25) is 0 Å². The van der Waals surface area contributed by atoms with Gasteiger partial charge < -0.3 is 9.59 Å². The van der Waals surface area contributed by atoms with E-state index in [9.17, 15) is 0 Å². The van der Waals surface area contributed by atoms with Gasteiger partial charge in [0.05, 0.1) is 6.42 Å². The Morgan fingerprint density at radius 1 is 1.00 bits per heavy atom. The Hall–Kier alpha value is 0.0543. The predicted octanol–water partition coefficient (Wildman–Crippen LogP) is -0.414.